The summed E-state index contributed by atoms with van der Waals surface area (Å²) in [6.07, 6.45) is 2.81. The van der Waals surface area contributed by atoms with Gasteiger partial charge in [0, 0.05) is 25.4 Å². The SMILES string of the molecule is CCC(O)(CC)CNC(=O)c1cn(C)nc1-c1ccccc1Cl. The molecule has 0 aliphatic carbocycles. The van der Waals surface area contributed by atoms with Crippen molar-refractivity contribution >= 4 is 17.5 Å². The molecule has 6 heteroatoms. The van der Waals surface area contributed by atoms with Gasteiger partial charge >= 0.3 is 0 Å². The van der Waals surface area contributed by atoms with Gasteiger partial charge in [-0.25, -0.2) is 0 Å². The molecule has 5 nitrogen and oxygen atoms in total. The summed E-state index contributed by atoms with van der Waals surface area (Å²) in [6, 6.07) is 7.28. The summed E-state index contributed by atoms with van der Waals surface area (Å²) in [4.78, 5) is 12.5. The molecule has 0 saturated carbocycles. The molecule has 0 atom stereocenters. The summed E-state index contributed by atoms with van der Waals surface area (Å²) in [5.74, 6) is -0.270. The lowest BCUT2D eigenvalue weighted by Gasteiger charge is -2.25. The van der Waals surface area contributed by atoms with Crippen molar-refractivity contribution in [2.24, 2.45) is 7.05 Å². The number of hydrogen-bond donors (Lipinski definition) is 2. The van der Waals surface area contributed by atoms with E-state index in [-0.39, 0.29) is 12.5 Å². The zero-order valence-corrected chi connectivity index (χ0v) is 14.4. The van der Waals surface area contributed by atoms with Gasteiger partial charge in [0.05, 0.1) is 16.2 Å². The predicted molar refractivity (Wildman–Crippen MR) is 91.5 cm³/mol. The first-order valence-corrected chi connectivity index (χ1v) is 8.07. The average molecular weight is 336 g/mol. The topological polar surface area (TPSA) is 67.2 Å². The second-order valence-electron chi connectivity index (χ2n) is 5.66. The molecule has 0 bridgehead atoms. The Morgan fingerprint density at radius 2 is 2.00 bits per heavy atom. The first-order valence-electron chi connectivity index (χ1n) is 7.69. The molecule has 0 saturated heterocycles. The van der Waals surface area contributed by atoms with Crippen molar-refractivity contribution in [1.29, 1.82) is 0 Å². The first-order chi connectivity index (χ1) is 10.9. The molecule has 1 aromatic carbocycles. The Morgan fingerprint density at radius 3 is 2.61 bits per heavy atom. The number of hydrogen-bond acceptors (Lipinski definition) is 3. The maximum atomic E-state index is 12.5. The molecule has 2 N–H and O–H groups in total. The van der Waals surface area contributed by atoms with Crippen LogP contribution in [-0.2, 0) is 7.05 Å². The van der Waals surface area contributed by atoms with Gasteiger partial charge in [0.2, 0.25) is 0 Å². The summed E-state index contributed by atoms with van der Waals surface area (Å²) >= 11 is 6.22. The Labute approximate surface area is 141 Å². The fourth-order valence-electron chi connectivity index (χ4n) is 2.35. The zero-order chi connectivity index (χ0) is 17.0. The fraction of sp³-hybridized carbons (Fsp3) is 0.412. The molecule has 0 aliphatic rings. The van der Waals surface area contributed by atoms with E-state index in [1.807, 2.05) is 32.0 Å². The number of amides is 1. The first kappa shape index (κ1) is 17.5. The highest BCUT2D eigenvalue weighted by Gasteiger charge is 2.25. The fourth-order valence-corrected chi connectivity index (χ4v) is 2.57. The van der Waals surface area contributed by atoms with Crippen LogP contribution in [-0.4, -0.2) is 32.9 Å². The van der Waals surface area contributed by atoms with E-state index in [1.165, 1.54) is 0 Å². The van der Waals surface area contributed by atoms with Crippen LogP contribution in [0.3, 0.4) is 0 Å². The second-order valence-corrected chi connectivity index (χ2v) is 6.07. The van der Waals surface area contributed by atoms with Crippen molar-refractivity contribution in [3.8, 4) is 11.3 Å². The van der Waals surface area contributed by atoms with E-state index in [1.54, 1.807) is 24.0 Å². The van der Waals surface area contributed by atoms with E-state index in [0.29, 0.717) is 34.7 Å². The molecule has 0 unspecified atom stereocenters. The highest BCUT2D eigenvalue weighted by atomic mass is 35.5. The number of carbonyl (C=O) groups is 1. The number of nitrogens with one attached hydrogen (secondary N) is 1. The van der Waals surface area contributed by atoms with Crippen LogP contribution in [0.2, 0.25) is 5.02 Å². The summed E-state index contributed by atoms with van der Waals surface area (Å²) in [7, 11) is 1.76. The maximum Gasteiger partial charge on any atom is 0.255 e. The largest absolute Gasteiger partial charge is 0.388 e. The van der Waals surface area contributed by atoms with Gasteiger partial charge in [-0.15, -0.1) is 0 Å². The number of rotatable bonds is 6. The summed E-state index contributed by atoms with van der Waals surface area (Å²) in [5, 5.41) is 18.0. The van der Waals surface area contributed by atoms with Crippen LogP contribution >= 0.6 is 11.6 Å². The lowest BCUT2D eigenvalue weighted by atomic mass is 9.97. The number of carbonyl (C=O) groups excluding carboxylic acids is 1. The second kappa shape index (κ2) is 7.15. The molecule has 1 aromatic heterocycles. The van der Waals surface area contributed by atoms with Crippen molar-refractivity contribution in [2.45, 2.75) is 32.3 Å². The molecule has 124 valence electrons. The predicted octanol–water partition coefficient (Wildman–Crippen LogP) is 3.02. The van der Waals surface area contributed by atoms with E-state index in [0.717, 1.165) is 0 Å². The van der Waals surface area contributed by atoms with Crippen molar-refractivity contribution in [1.82, 2.24) is 15.1 Å². The van der Waals surface area contributed by atoms with Gasteiger partial charge in [0.25, 0.3) is 5.91 Å². The Morgan fingerprint density at radius 1 is 1.35 bits per heavy atom. The van der Waals surface area contributed by atoms with Gasteiger partial charge in [0.1, 0.15) is 5.69 Å². The van der Waals surface area contributed by atoms with Crippen LogP contribution in [0.15, 0.2) is 30.5 Å². The third-order valence-electron chi connectivity index (χ3n) is 4.10. The lowest BCUT2D eigenvalue weighted by molar-refractivity contribution is 0.0314. The van der Waals surface area contributed by atoms with Gasteiger partial charge in [-0.2, -0.15) is 5.10 Å². The molecule has 1 amide bonds. The van der Waals surface area contributed by atoms with Gasteiger partial charge in [-0.1, -0.05) is 43.6 Å². The van der Waals surface area contributed by atoms with Gasteiger partial charge in [-0.05, 0) is 18.9 Å². The number of aryl methyl sites for hydroxylation is 1. The normalized spacial score (nSPS) is 11.5. The van der Waals surface area contributed by atoms with E-state index in [9.17, 15) is 9.90 Å². The molecule has 0 radical (unpaired) electrons. The summed E-state index contributed by atoms with van der Waals surface area (Å²) in [5.41, 5.74) is 0.797. The molecule has 2 rings (SSSR count). The summed E-state index contributed by atoms with van der Waals surface area (Å²) < 4.78 is 1.58. The molecule has 0 fully saturated rings. The minimum Gasteiger partial charge on any atom is -0.388 e. The lowest BCUT2D eigenvalue weighted by Crippen LogP contribution is -2.42. The standard InChI is InChI=1S/C17H22ClN3O2/c1-4-17(23,5-2)11-19-16(22)13-10-21(3)20-15(13)12-8-6-7-9-14(12)18/h6-10,23H,4-5,11H2,1-3H3,(H,19,22). The van der Waals surface area contributed by atoms with Crippen molar-refractivity contribution in [3.05, 3.63) is 41.0 Å². The quantitative estimate of drug-likeness (QED) is 0.852. The van der Waals surface area contributed by atoms with Crippen molar-refractivity contribution in [3.63, 3.8) is 0 Å². The summed E-state index contributed by atoms with van der Waals surface area (Å²) in [6.45, 7) is 4.00. The molecule has 2 aromatic rings. The van der Waals surface area contributed by atoms with E-state index in [4.69, 9.17) is 11.6 Å². The zero-order valence-electron chi connectivity index (χ0n) is 13.6. The van der Waals surface area contributed by atoms with Crippen LogP contribution in [0.1, 0.15) is 37.0 Å². The Hall–Kier alpha value is -1.85. The number of nitrogens with zero attached hydrogens (tertiary/aromatic N) is 2. The molecule has 23 heavy (non-hydrogen) atoms. The minimum atomic E-state index is -0.886. The monoisotopic (exact) mass is 335 g/mol. The highest BCUT2D eigenvalue weighted by molar-refractivity contribution is 6.33. The maximum absolute atomic E-state index is 12.5. The number of aromatic nitrogens is 2. The Kier molecular flexibility index (Phi) is 5.44. The molecular weight excluding hydrogens is 314 g/mol. The van der Waals surface area contributed by atoms with Crippen LogP contribution in [0.5, 0.6) is 0 Å². The molecule has 0 aliphatic heterocycles. The van der Waals surface area contributed by atoms with Crippen LogP contribution in [0, 0.1) is 0 Å². The van der Waals surface area contributed by atoms with E-state index >= 15 is 0 Å². The van der Waals surface area contributed by atoms with E-state index in [2.05, 4.69) is 10.4 Å². The van der Waals surface area contributed by atoms with Crippen molar-refractivity contribution in [2.75, 3.05) is 6.54 Å². The highest BCUT2D eigenvalue weighted by Crippen LogP contribution is 2.29. The van der Waals surface area contributed by atoms with Gasteiger partial charge < -0.3 is 10.4 Å². The average Bonchev–Trinajstić information content (AvgIpc) is 2.94. The van der Waals surface area contributed by atoms with E-state index < -0.39 is 5.60 Å². The number of aliphatic hydroxyl groups is 1. The van der Waals surface area contributed by atoms with Crippen LogP contribution in [0.4, 0.5) is 0 Å². The van der Waals surface area contributed by atoms with Crippen LogP contribution < -0.4 is 5.32 Å². The third-order valence-corrected chi connectivity index (χ3v) is 4.43. The Bertz CT molecular complexity index is 693. The Balaban J connectivity index is 2.27. The molecule has 0 spiro atoms. The van der Waals surface area contributed by atoms with Gasteiger partial charge in [-0.3, -0.25) is 9.48 Å². The smallest absolute Gasteiger partial charge is 0.255 e. The number of halogens is 1. The minimum absolute atomic E-state index is 0.204. The van der Waals surface area contributed by atoms with Crippen molar-refractivity contribution < 1.29 is 9.90 Å². The molecule has 1 heterocycles. The molecular formula is C17H22ClN3O2. The third kappa shape index (κ3) is 3.92. The van der Waals surface area contributed by atoms with Crippen LogP contribution in [0.25, 0.3) is 11.3 Å². The number of benzene rings is 1. The van der Waals surface area contributed by atoms with Gasteiger partial charge in [0.15, 0.2) is 0 Å².